The van der Waals surface area contributed by atoms with E-state index in [2.05, 4.69) is 11.2 Å². The van der Waals surface area contributed by atoms with Crippen LogP contribution in [0.3, 0.4) is 0 Å². The van der Waals surface area contributed by atoms with Gasteiger partial charge in [-0.2, -0.15) is 0 Å². The van der Waals surface area contributed by atoms with E-state index >= 15 is 0 Å². The lowest BCUT2D eigenvalue weighted by Gasteiger charge is -2.15. The SMILES string of the molecule is COc1ccc(F)c(-c2onc(/C=C/c3cccc(C(CC(=O)O)C4CC4)c3)c2C2CC2)c1. The van der Waals surface area contributed by atoms with Crippen LogP contribution in [0.15, 0.2) is 47.0 Å². The summed E-state index contributed by atoms with van der Waals surface area (Å²) >= 11 is 0. The zero-order valence-electron chi connectivity index (χ0n) is 18.5. The highest BCUT2D eigenvalue weighted by atomic mass is 19.1. The van der Waals surface area contributed by atoms with E-state index in [1.54, 1.807) is 19.2 Å². The highest BCUT2D eigenvalue weighted by Crippen LogP contribution is 2.48. The van der Waals surface area contributed by atoms with E-state index in [9.17, 15) is 14.3 Å². The molecule has 0 bridgehead atoms. The zero-order chi connectivity index (χ0) is 22.9. The van der Waals surface area contributed by atoms with Crippen molar-refractivity contribution in [2.24, 2.45) is 5.92 Å². The summed E-state index contributed by atoms with van der Waals surface area (Å²) in [6.45, 7) is 0. The topological polar surface area (TPSA) is 72.6 Å². The fourth-order valence-corrected chi connectivity index (χ4v) is 4.51. The van der Waals surface area contributed by atoms with Gasteiger partial charge in [0.05, 0.1) is 19.1 Å². The molecule has 5 nitrogen and oxygen atoms in total. The summed E-state index contributed by atoms with van der Waals surface area (Å²) < 4.78 is 25.5. The number of nitrogens with zero attached hydrogens (tertiary/aromatic N) is 1. The van der Waals surface area contributed by atoms with Crippen molar-refractivity contribution in [3.05, 3.63) is 70.7 Å². The van der Waals surface area contributed by atoms with Crippen LogP contribution in [0.2, 0.25) is 0 Å². The average Bonchev–Trinajstić information content (AvgIpc) is 3.75. The number of halogens is 1. The third kappa shape index (κ3) is 4.70. The van der Waals surface area contributed by atoms with Crippen molar-refractivity contribution in [3.8, 4) is 17.1 Å². The van der Waals surface area contributed by atoms with E-state index in [0.717, 1.165) is 42.4 Å². The molecule has 3 aromatic rings. The summed E-state index contributed by atoms with van der Waals surface area (Å²) in [5, 5.41) is 13.6. The molecule has 0 radical (unpaired) electrons. The summed E-state index contributed by atoms with van der Waals surface area (Å²) in [7, 11) is 1.55. The van der Waals surface area contributed by atoms with Gasteiger partial charge in [-0.05, 0) is 78.8 Å². The molecular formula is C27H26FNO4. The third-order valence-corrected chi connectivity index (χ3v) is 6.52. The van der Waals surface area contributed by atoms with Gasteiger partial charge in [-0.3, -0.25) is 4.79 Å². The van der Waals surface area contributed by atoms with Crippen LogP contribution in [0, 0.1) is 11.7 Å². The minimum Gasteiger partial charge on any atom is -0.497 e. The molecule has 1 heterocycles. The molecule has 0 saturated heterocycles. The van der Waals surface area contributed by atoms with E-state index in [1.165, 1.54) is 6.07 Å². The molecule has 33 heavy (non-hydrogen) atoms. The summed E-state index contributed by atoms with van der Waals surface area (Å²) in [4.78, 5) is 11.3. The molecule has 2 saturated carbocycles. The van der Waals surface area contributed by atoms with E-state index in [0.29, 0.717) is 34.6 Å². The standard InChI is InChI=1S/C27H26FNO4/c1-32-20-10-11-23(28)22(14-20)27-26(18-8-9-18)24(29-33-27)12-5-16-3-2-4-19(13-16)21(15-25(30)31)17-6-7-17/h2-5,10-14,17-18,21H,6-9,15H2,1H3,(H,30,31)/b12-5+. The van der Waals surface area contributed by atoms with Gasteiger partial charge >= 0.3 is 5.97 Å². The van der Waals surface area contributed by atoms with Gasteiger partial charge in [0.1, 0.15) is 17.3 Å². The van der Waals surface area contributed by atoms with Crippen LogP contribution in [-0.4, -0.2) is 23.3 Å². The van der Waals surface area contributed by atoms with E-state index in [4.69, 9.17) is 9.26 Å². The van der Waals surface area contributed by atoms with Crippen molar-refractivity contribution in [1.82, 2.24) is 5.16 Å². The first-order valence-electron chi connectivity index (χ1n) is 11.4. The number of carbonyl (C=O) groups is 1. The van der Waals surface area contributed by atoms with Crippen molar-refractivity contribution >= 4 is 18.1 Å². The molecule has 170 valence electrons. The molecule has 2 fully saturated rings. The van der Waals surface area contributed by atoms with Crippen molar-refractivity contribution in [2.45, 2.75) is 43.9 Å². The predicted molar refractivity (Wildman–Crippen MR) is 124 cm³/mol. The van der Waals surface area contributed by atoms with Crippen LogP contribution in [-0.2, 0) is 4.79 Å². The zero-order valence-corrected chi connectivity index (χ0v) is 18.5. The van der Waals surface area contributed by atoms with Crippen LogP contribution >= 0.6 is 0 Å². The van der Waals surface area contributed by atoms with Gasteiger partial charge in [-0.1, -0.05) is 35.5 Å². The van der Waals surface area contributed by atoms with Crippen LogP contribution in [0.1, 0.15) is 66.3 Å². The number of aliphatic carboxylic acids is 1. The number of rotatable bonds is 9. The Bertz CT molecular complexity index is 1210. The Kier molecular flexibility index (Phi) is 5.75. The molecule has 5 rings (SSSR count). The molecule has 6 heteroatoms. The van der Waals surface area contributed by atoms with Crippen molar-refractivity contribution in [3.63, 3.8) is 0 Å². The lowest BCUT2D eigenvalue weighted by atomic mass is 9.90. The van der Waals surface area contributed by atoms with E-state index in [1.807, 2.05) is 30.4 Å². The van der Waals surface area contributed by atoms with Gasteiger partial charge in [0, 0.05) is 5.56 Å². The second-order valence-corrected chi connectivity index (χ2v) is 8.98. The molecule has 0 spiro atoms. The minimum atomic E-state index is -0.762. The maximum atomic E-state index is 14.6. The fraction of sp³-hybridized carbons (Fsp3) is 0.333. The minimum absolute atomic E-state index is 0.0487. The number of methoxy groups -OCH3 is 1. The Morgan fingerprint density at radius 3 is 2.73 bits per heavy atom. The third-order valence-electron chi connectivity index (χ3n) is 6.52. The molecular weight excluding hydrogens is 421 g/mol. The molecule has 1 atom stereocenters. The predicted octanol–water partition coefficient (Wildman–Crippen LogP) is 6.51. The van der Waals surface area contributed by atoms with Gasteiger partial charge in [0.15, 0.2) is 5.76 Å². The Morgan fingerprint density at radius 2 is 2.03 bits per heavy atom. The number of carboxylic acid groups (broad SMARTS) is 1. The Balaban J connectivity index is 1.45. The monoisotopic (exact) mass is 447 g/mol. The molecule has 0 aliphatic heterocycles. The highest BCUT2D eigenvalue weighted by molar-refractivity contribution is 5.75. The number of ether oxygens (including phenoxy) is 1. The lowest BCUT2D eigenvalue weighted by Crippen LogP contribution is -2.08. The Labute approximate surface area is 191 Å². The number of aromatic nitrogens is 1. The van der Waals surface area contributed by atoms with Gasteiger partial charge < -0.3 is 14.4 Å². The highest BCUT2D eigenvalue weighted by Gasteiger charge is 2.34. The molecule has 2 aromatic carbocycles. The Hall–Kier alpha value is -3.41. The maximum Gasteiger partial charge on any atom is 0.303 e. The van der Waals surface area contributed by atoms with Gasteiger partial charge in [-0.25, -0.2) is 4.39 Å². The second-order valence-electron chi connectivity index (χ2n) is 8.98. The van der Waals surface area contributed by atoms with Gasteiger partial charge in [0.25, 0.3) is 0 Å². The molecule has 1 aromatic heterocycles. The Morgan fingerprint density at radius 1 is 1.21 bits per heavy atom. The van der Waals surface area contributed by atoms with Gasteiger partial charge in [0.2, 0.25) is 0 Å². The van der Waals surface area contributed by atoms with Crippen LogP contribution in [0.25, 0.3) is 23.5 Å². The van der Waals surface area contributed by atoms with Crippen molar-refractivity contribution in [1.29, 1.82) is 0 Å². The molecule has 2 aliphatic carbocycles. The lowest BCUT2D eigenvalue weighted by molar-refractivity contribution is -0.137. The molecule has 1 unspecified atom stereocenters. The van der Waals surface area contributed by atoms with Crippen molar-refractivity contribution < 1.29 is 23.6 Å². The number of carboxylic acids is 1. The number of hydrogen-bond acceptors (Lipinski definition) is 4. The first kappa shape index (κ1) is 21.4. The average molecular weight is 448 g/mol. The molecule has 2 aliphatic rings. The summed E-state index contributed by atoms with van der Waals surface area (Å²) in [5.74, 6) is 0.689. The normalized spacial score (nSPS) is 16.8. The van der Waals surface area contributed by atoms with E-state index in [-0.39, 0.29) is 18.2 Å². The van der Waals surface area contributed by atoms with Crippen LogP contribution < -0.4 is 4.74 Å². The maximum absolute atomic E-state index is 14.6. The summed E-state index contributed by atoms with van der Waals surface area (Å²) in [6, 6.07) is 12.6. The summed E-state index contributed by atoms with van der Waals surface area (Å²) in [5.41, 5.74) is 4.01. The van der Waals surface area contributed by atoms with Gasteiger partial charge in [-0.15, -0.1) is 0 Å². The largest absolute Gasteiger partial charge is 0.497 e. The van der Waals surface area contributed by atoms with E-state index < -0.39 is 5.97 Å². The smallest absolute Gasteiger partial charge is 0.303 e. The fourth-order valence-electron chi connectivity index (χ4n) is 4.51. The number of hydrogen-bond donors (Lipinski definition) is 1. The quantitative estimate of drug-likeness (QED) is 0.405. The first-order chi connectivity index (χ1) is 16.0. The molecule has 1 N–H and O–H groups in total. The summed E-state index contributed by atoms with van der Waals surface area (Å²) in [6.07, 6.45) is 8.24. The van der Waals surface area contributed by atoms with Crippen LogP contribution in [0.5, 0.6) is 5.75 Å². The second kappa shape index (κ2) is 8.85. The van der Waals surface area contributed by atoms with Crippen LogP contribution in [0.4, 0.5) is 4.39 Å². The molecule has 0 amide bonds. The van der Waals surface area contributed by atoms with Crippen molar-refractivity contribution in [2.75, 3.05) is 7.11 Å². The first-order valence-corrected chi connectivity index (χ1v) is 11.4. The number of benzene rings is 2.